The van der Waals surface area contributed by atoms with Gasteiger partial charge in [-0.2, -0.15) is 0 Å². The van der Waals surface area contributed by atoms with E-state index in [1.165, 1.54) is 5.56 Å². The molecule has 0 saturated carbocycles. The predicted octanol–water partition coefficient (Wildman–Crippen LogP) is 2.44. The number of aryl methyl sites for hydroxylation is 3. The maximum atomic E-state index is 10.2. The highest BCUT2D eigenvalue weighted by atomic mass is 31.1. The molecule has 19 heavy (non-hydrogen) atoms. The Balaban J connectivity index is 2.44. The zero-order valence-corrected chi connectivity index (χ0v) is 12.5. The van der Waals surface area contributed by atoms with E-state index in [2.05, 4.69) is 6.07 Å². The van der Waals surface area contributed by atoms with Crippen LogP contribution in [-0.4, -0.2) is 10.2 Å². The lowest BCUT2D eigenvalue weighted by Gasteiger charge is -2.12. The molecule has 0 saturated heterocycles. The van der Waals surface area contributed by atoms with Gasteiger partial charge in [0, 0.05) is 5.30 Å². The van der Waals surface area contributed by atoms with E-state index in [1.54, 1.807) is 0 Å². The van der Waals surface area contributed by atoms with E-state index >= 15 is 0 Å². The van der Waals surface area contributed by atoms with E-state index in [9.17, 15) is 10.2 Å². The van der Waals surface area contributed by atoms with Crippen LogP contribution in [0.2, 0.25) is 0 Å². The number of hydrogen-bond acceptors (Lipinski definition) is 2. The number of aromatic hydroxyl groups is 1. The molecule has 0 fully saturated rings. The second-order valence-corrected chi connectivity index (χ2v) is 6.25. The van der Waals surface area contributed by atoms with Crippen LogP contribution >= 0.6 is 8.58 Å². The number of aliphatic hydroxyl groups excluding tert-OH is 1. The normalized spacial score (nSPS) is 11.4. The van der Waals surface area contributed by atoms with Crippen molar-refractivity contribution in [2.75, 3.05) is 0 Å². The molecule has 2 aromatic carbocycles. The summed E-state index contributed by atoms with van der Waals surface area (Å²) in [6, 6.07) is 10.0. The molecule has 100 valence electrons. The van der Waals surface area contributed by atoms with Crippen LogP contribution in [0.25, 0.3) is 0 Å². The van der Waals surface area contributed by atoms with Crippen LogP contribution < -0.4 is 10.6 Å². The van der Waals surface area contributed by atoms with E-state index in [-0.39, 0.29) is 6.61 Å². The lowest BCUT2D eigenvalue weighted by atomic mass is 10.1. The molecule has 3 heteroatoms. The van der Waals surface area contributed by atoms with Gasteiger partial charge in [0.15, 0.2) is 0 Å². The van der Waals surface area contributed by atoms with Gasteiger partial charge in [0.2, 0.25) is 0 Å². The quantitative estimate of drug-likeness (QED) is 0.844. The van der Waals surface area contributed by atoms with Crippen LogP contribution in [0.4, 0.5) is 0 Å². The zero-order chi connectivity index (χ0) is 14.0. The van der Waals surface area contributed by atoms with Gasteiger partial charge in [0.1, 0.15) is 5.75 Å². The molecule has 0 amide bonds. The number of phenols is 1. The van der Waals surface area contributed by atoms with Crippen molar-refractivity contribution in [3.63, 3.8) is 0 Å². The Kier molecular flexibility index (Phi) is 4.24. The summed E-state index contributed by atoms with van der Waals surface area (Å²) in [6.07, 6.45) is 0. The van der Waals surface area contributed by atoms with Gasteiger partial charge in [-0.15, -0.1) is 0 Å². The van der Waals surface area contributed by atoms with Gasteiger partial charge in [-0.25, -0.2) is 0 Å². The topological polar surface area (TPSA) is 40.5 Å². The van der Waals surface area contributed by atoms with Crippen molar-refractivity contribution in [1.82, 2.24) is 0 Å². The second kappa shape index (κ2) is 5.73. The Hall–Kier alpha value is -1.37. The van der Waals surface area contributed by atoms with Gasteiger partial charge in [-0.1, -0.05) is 38.4 Å². The predicted molar refractivity (Wildman–Crippen MR) is 82.3 cm³/mol. The average Bonchev–Trinajstić information content (AvgIpc) is 2.35. The number of hydrogen-bond donors (Lipinski definition) is 2. The summed E-state index contributed by atoms with van der Waals surface area (Å²) in [4.78, 5) is 0. The van der Waals surface area contributed by atoms with Crippen molar-refractivity contribution in [1.29, 1.82) is 0 Å². The maximum Gasteiger partial charge on any atom is 0.126 e. The first-order valence-electron chi connectivity index (χ1n) is 6.29. The first-order valence-corrected chi connectivity index (χ1v) is 7.29. The van der Waals surface area contributed by atoms with Crippen LogP contribution in [0.5, 0.6) is 5.75 Å². The summed E-state index contributed by atoms with van der Waals surface area (Å²) in [7, 11) is 0.360. The molecule has 0 aliphatic rings. The highest BCUT2D eigenvalue weighted by molar-refractivity contribution is 7.55. The molecule has 1 atom stereocenters. The van der Waals surface area contributed by atoms with Crippen molar-refractivity contribution in [2.24, 2.45) is 0 Å². The van der Waals surface area contributed by atoms with Crippen LogP contribution in [0, 0.1) is 20.8 Å². The molecule has 0 aromatic heterocycles. The van der Waals surface area contributed by atoms with Crippen molar-refractivity contribution in [2.45, 2.75) is 27.4 Å². The molecule has 0 aliphatic heterocycles. The molecule has 0 aliphatic carbocycles. The Bertz CT molecular complexity index is 606. The summed E-state index contributed by atoms with van der Waals surface area (Å²) in [5.41, 5.74) is 4.16. The summed E-state index contributed by atoms with van der Waals surface area (Å²) in [5, 5.41) is 21.6. The molecule has 1 unspecified atom stereocenters. The lowest BCUT2D eigenvalue weighted by molar-refractivity contribution is 0.283. The van der Waals surface area contributed by atoms with E-state index in [4.69, 9.17) is 0 Å². The van der Waals surface area contributed by atoms with Crippen LogP contribution in [0.1, 0.15) is 22.3 Å². The minimum Gasteiger partial charge on any atom is -0.507 e. The monoisotopic (exact) mass is 274 g/mol. The SMILES string of the molecule is Cc1ccc(CO)c(Pc2cc(C)cc(C)c2O)c1. The summed E-state index contributed by atoms with van der Waals surface area (Å²) in [6.45, 7) is 6.02. The first kappa shape index (κ1) is 14.0. The Morgan fingerprint density at radius 1 is 0.947 bits per heavy atom. The fraction of sp³-hybridized carbons (Fsp3) is 0.250. The fourth-order valence-electron chi connectivity index (χ4n) is 2.14. The average molecular weight is 274 g/mol. The van der Waals surface area contributed by atoms with Gasteiger partial charge >= 0.3 is 0 Å². The smallest absolute Gasteiger partial charge is 0.126 e. The number of rotatable bonds is 3. The Labute approximate surface area is 115 Å². The van der Waals surface area contributed by atoms with Crippen LogP contribution in [0.15, 0.2) is 30.3 Å². The zero-order valence-electron chi connectivity index (χ0n) is 11.5. The first-order chi connectivity index (χ1) is 9.01. The summed E-state index contributed by atoms with van der Waals surface area (Å²) >= 11 is 0. The summed E-state index contributed by atoms with van der Waals surface area (Å²) in [5.74, 6) is 0.370. The molecule has 2 aromatic rings. The standard InChI is InChI=1S/C16H19O2P/c1-10-4-5-13(9-17)14(7-10)19-15-8-11(2)6-12(3)16(15)18/h4-8,17-19H,9H2,1-3H3. The Morgan fingerprint density at radius 2 is 1.63 bits per heavy atom. The van der Waals surface area contributed by atoms with E-state index in [0.717, 1.165) is 27.3 Å². The molecular formula is C16H19O2P. The highest BCUT2D eigenvalue weighted by Crippen LogP contribution is 2.24. The van der Waals surface area contributed by atoms with Gasteiger partial charge in [0.05, 0.1) is 6.61 Å². The fourth-order valence-corrected chi connectivity index (χ4v) is 3.67. The number of aliphatic hydroxyl groups is 1. The Morgan fingerprint density at radius 3 is 2.32 bits per heavy atom. The molecule has 2 rings (SSSR count). The molecule has 0 spiro atoms. The minimum absolute atomic E-state index is 0.0359. The van der Waals surface area contributed by atoms with Gasteiger partial charge in [-0.05, 0) is 48.8 Å². The minimum atomic E-state index is 0.0359. The maximum absolute atomic E-state index is 10.2. The second-order valence-electron chi connectivity index (χ2n) is 4.92. The van der Waals surface area contributed by atoms with Gasteiger partial charge < -0.3 is 10.2 Å². The highest BCUT2D eigenvalue weighted by Gasteiger charge is 2.09. The van der Waals surface area contributed by atoms with Gasteiger partial charge in [0.25, 0.3) is 0 Å². The van der Waals surface area contributed by atoms with Crippen molar-refractivity contribution < 1.29 is 10.2 Å². The van der Waals surface area contributed by atoms with Crippen LogP contribution in [-0.2, 0) is 6.61 Å². The number of benzene rings is 2. The molecule has 0 heterocycles. The lowest BCUT2D eigenvalue weighted by Crippen LogP contribution is -2.11. The van der Waals surface area contributed by atoms with E-state index in [0.29, 0.717) is 14.3 Å². The van der Waals surface area contributed by atoms with Crippen LogP contribution in [0.3, 0.4) is 0 Å². The van der Waals surface area contributed by atoms with Crippen molar-refractivity contribution in [3.8, 4) is 5.75 Å². The molecular weight excluding hydrogens is 255 g/mol. The molecule has 0 bridgehead atoms. The molecule has 2 nitrogen and oxygen atoms in total. The van der Waals surface area contributed by atoms with Gasteiger partial charge in [-0.3, -0.25) is 0 Å². The van der Waals surface area contributed by atoms with E-state index in [1.807, 2.05) is 45.0 Å². The summed E-state index contributed by atoms with van der Waals surface area (Å²) < 4.78 is 0. The van der Waals surface area contributed by atoms with Crippen molar-refractivity contribution >= 4 is 19.2 Å². The third kappa shape index (κ3) is 3.15. The molecule has 0 radical (unpaired) electrons. The third-order valence-electron chi connectivity index (χ3n) is 3.15. The third-order valence-corrected chi connectivity index (χ3v) is 4.54. The van der Waals surface area contributed by atoms with E-state index < -0.39 is 0 Å². The molecule has 2 N–H and O–H groups in total. The number of phenolic OH excluding ortho intramolecular Hbond substituents is 1. The largest absolute Gasteiger partial charge is 0.507 e. The van der Waals surface area contributed by atoms with Crippen molar-refractivity contribution in [3.05, 3.63) is 52.6 Å².